The fraction of sp³-hybridized carbons (Fsp3) is 0.303. The number of benzene rings is 3. The number of thiazole rings is 1. The van der Waals surface area contributed by atoms with Gasteiger partial charge >= 0.3 is 0 Å². The summed E-state index contributed by atoms with van der Waals surface area (Å²) < 4.78 is 6.65. The molecule has 1 aliphatic rings. The minimum atomic E-state index is -0.372. The molecule has 0 aliphatic carbocycles. The number of hydrogen-bond acceptors (Lipinski definition) is 7. The minimum absolute atomic E-state index is 0.0449. The summed E-state index contributed by atoms with van der Waals surface area (Å²) in [4.78, 5) is 35.4. The van der Waals surface area contributed by atoms with Crippen molar-refractivity contribution >= 4 is 28.8 Å². The van der Waals surface area contributed by atoms with Crippen molar-refractivity contribution in [3.05, 3.63) is 101 Å². The first-order valence-corrected chi connectivity index (χ1v) is 15.0. The van der Waals surface area contributed by atoms with Crippen molar-refractivity contribution in [2.24, 2.45) is 5.92 Å². The number of amides is 2. The summed E-state index contributed by atoms with van der Waals surface area (Å²) in [5, 5.41) is 15.7. The highest BCUT2D eigenvalue weighted by atomic mass is 32.1. The van der Waals surface area contributed by atoms with Gasteiger partial charge in [0.2, 0.25) is 0 Å². The molecule has 0 saturated carbocycles. The van der Waals surface area contributed by atoms with E-state index < -0.39 is 0 Å². The summed E-state index contributed by atoms with van der Waals surface area (Å²) in [6.07, 6.45) is 1.47. The van der Waals surface area contributed by atoms with Crippen LogP contribution in [0.15, 0.2) is 84.4 Å². The molecule has 0 unspecified atom stereocenters. The van der Waals surface area contributed by atoms with Gasteiger partial charge in [-0.2, -0.15) is 0 Å². The van der Waals surface area contributed by atoms with Crippen molar-refractivity contribution in [2.45, 2.75) is 32.5 Å². The lowest BCUT2D eigenvalue weighted by molar-refractivity contribution is 0.0343. The van der Waals surface area contributed by atoms with Gasteiger partial charge in [-0.05, 0) is 43.8 Å². The lowest BCUT2D eigenvalue weighted by Gasteiger charge is -2.38. The van der Waals surface area contributed by atoms with Gasteiger partial charge in [0.15, 0.2) is 5.75 Å². The number of aromatic nitrogens is 1. The van der Waals surface area contributed by atoms with Crippen LogP contribution < -0.4 is 10.1 Å². The Morgan fingerprint density at radius 1 is 1.14 bits per heavy atom. The summed E-state index contributed by atoms with van der Waals surface area (Å²) in [5.41, 5.74) is 3.40. The molecule has 3 atom stereocenters. The van der Waals surface area contributed by atoms with E-state index in [1.807, 2.05) is 49.7 Å². The van der Waals surface area contributed by atoms with Crippen molar-refractivity contribution in [1.29, 1.82) is 0 Å². The van der Waals surface area contributed by atoms with Crippen molar-refractivity contribution in [2.75, 3.05) is 32.1 Å². The topological polar surface area (TPSA) is 95.0 Å². The Labute approximate surface area is 250 Å². The number of carbonyl (C=O) groups is 2. The van der Waals surface area contributed by atoms with Crippen LogP contribution in [0.25, 0.3) is 10.6 Å². The number of rotatable bonds is 9. The van der Waals surface area contributed by atoms with Crippen LogP contribution in [0.3, 0.4) is 0 Å². The molecule has 3 aromatic carbocycles. The fourth-order valence-corrected chi connectivity index (χ4v) is 5.80. The SMILES string of the molecule is C[C@H]1CN([C@@H](C)CO)C(=O)c2cccc(NC(=O)c3ccc(-c4nccs4)cc3)c2O[C@H]1CN(C)Cc1ccccc1. The first-order chi connectivity index (χ1) is 20.3. The Bertz CT molecular complexity index is 1490. The first kappa shape index (κ1) is 29.4. The van der Waals surface area contributed by atoms with Crippen molar-refractivity contribution in [1.82, 2.24) is 14.8 Å². The van der Waals surface area contributed by atoms with Gasteiger partial charge in [-0.25, -0.2) is 4.98 Å². The number of anilines is 1. The van der Waals surface area contributed by atoms with Crippen LogP contribution in [0.2, 0.25) is 0 Å². The molecule has 2 heterocycles. The summed E-state index contributed by atoms with van der Waals surface area (Å²) in [6.45, 7) is 5.52. The lowest BCUT2D eigenvalue weighted by atomic mass is 9.98. The zero-order valence-electron chi connectivity index (χ0n) is 24.1. The average Bonchev–Trinajstić information content (AvgIpc) is 3.55. The van der Waals surface area contributed by atoms with Crippen LogP contribution in [0.4, 0.5) is 5.69 Å². The first-order valence-electron chi connectivity index (χ1n) is 14.1. The van der Waals surface area contributed by atoms with Crippen LogP contribution in [-0.4, -0.2) is 70.6 Å². The predicted octanol–water partition coefficient (Wildman–Crippen LogP) is 5.41. The maximum absolute atomic E-state index is 13.8. The summed E-state index contributed by atoms with van der Waals surface area (Å²) >= 11 is 1.54. The second-order valence-corrected chi connectivity index (χ2v) is 11.8. The summed E-state index contributed by atoms with van der Waals surface area (Å²) in [7, 11) is 2.05. The van der Waals surface area contributed by atoms with Gasteiger partial charge in [0.25, 0.3) is 11.8 Å². The number of ether oxygens (including phenoxy) is 1. The summed E-state index contributed by atoms with van der Waals surface area (Å²) in [5.74, 6) is -0.247. The van der Waals surface area contributed by atoms with Gasteiger partial charge in [-0.3, -0.25) is 14.5 Å². The third kappa shape index (κ3) is 6.70. The van der Waals surface area contributed by atoms with Gasteiger partial charge in [-0.1, -0.05) is 55.5 Å². The highest BCUT2D eigenvalue weighted by molar-refractivity contribution is 7.13. The van der Waals surface area contributed by atoms with Gasteiger partial charge in [0, 0.05) is 48.3 Å². The molecule has 2 amide bonds. The number of aliphatic hydroxyl groups excluding tert-OH is 1. The number of nitrogens with one attached hydrogen (secondary N) is 1. The number of aliphatic hydroxyl groups is 1. The molecule has 9 heteroatoms. The second kappa shape index (κ2) is 13.3. The molecule has 1 aliphatic heterocycles. The molecule has 1 aromatic heterocycles. The number of carbonyl (C=O) groups excluding carboxylic acids is 2. The number of para-hydroxylation sites is 1. The average molecular weight is 585 g/mol. The zero-order chi connectivity index (χ0) is 29.6. The van der Waals surface area contributed by atoms with Crippen LogP contribution in [0.1, 0.15) is 40.1 Å². The molecule has 42 heavy (non-hydrogen) atoms. The van der Waals surface area contributed by atoms with Crippen LogP contribution in [-0.2, 0) is 6.54 Å². The number of fused-ring (bicyclic) bond motifs is 1. The second-order valence-electron chi connectivity index (χ2n) is 10.9. The molecule has 218 valence electrons. The predicted molar refractivity (Wildman–Crippen MR) is 166 cm³/mol. The van der Waals surface area contributed by atoms with E-state index in [0.717, 1.165) is 17.1 Å². The van der Waals surface area contributed by atoms with E-state index in [1.165, 1.54) is 16.9 Å². The maximum Gasteiger partial charge on any atom is 0.258 e. The van der Waals surface area contributed by atoms with Crippen LogP contribution in [0.5, 0.6) is 5.75 Å². The molecule has 2 N–H and O–H groups in total. The largest absolute Gasteiger partial charge is 0.486 e. The quantitative estimate of drug-likeness (QED) is 0.273. The Hall–Kier alpha value is -4.05. The van der Waals surface area contributed by atoms with E-state index in [4.69, 9.17) is 4.74 Å². The minimum Gasteiger partial charge on any atom is -0.486 e. The maximum atomic E-state index is 13.8. The molecule has 0 bridgehead atoms. The third-order valence-corrected chi connectivity index (χ3v) is 8.37. The molecule has 5 rings (SSSR count). The van der Waals surface area contributed by atoms with Crippen LogP contribution >= 0.6 is 11.3 Å². The zero-order valence-corrected chi connectivity index (χ0v) is 24.9. The standard InChI is InChI=1S/C33H36N4O4S/c1-22-18-37(23(2)21-38)33(40)27-10-7-11-28(30(27)41-29(22)20-36(3)19-24-8-5-4-6-9-24)35-31(39)25-12-14-26(15-13-25)32-34-16-17-42-32/h4-17,22-23,29,38H,18-21H2,1-3H3,(H,35,39)/t22-,23-,29-/m0/s1. The van der Waals surface area contributed by atoms with Crippen LogP contribution in [0, 0.1) is 5.92 Å². The Morgan fingerprint density at radius 3 is 2.60 bits per heavy atom. The van der Waals surface area contributed by atoms with E-state index >= 15 is 0 Å². The molecular weight excluding hydrogens is 548 g/mol. The van der Waals surface area contributed by atoms with E-state index in [-0.39, 0.29) is 36.5 Å². The Kier molecular flexibility index (Phi) is 9.31. The highest BCUT2D eigenvalue weighted by Gasteiger charge is 2.34. The van der Waals surface area contributed by atoms with E-state index in [1.54, 1.807) is 41.4 Å². The smallest absolute Gasteiger partial charge is 0.258 e. The van der Waals surface area contributed by atoms with Gasteiger partial charge in [-0.15, -0.1) is 11.3 Å². The third-order valence-electron chi connectivity index (χ3n) is 7.55. The molecule has 8 nitrogen and oxygen atoms in total. The molecule has 0 saturated heterocycles. The normalized spacial score (nSPS) is 17.6. The fourth-order valence-electron chi connectivity index (χ4n) is 5.15. The molecule has 4 aromatic rings. The van der Waals surface area contributed by atoms with E-state index in [0.29, 0.717) is 35.7 Å². The molecule has 0 fully saturated rings. The summed E-state index contributed by atoms with van der Waals surface area (Å²) in [6, 6.07) is 22.3. The van der Waals surface area contributed by atoms with Crippen molar-refractivity contribution in [3.63, 3.8) is 0 Å². The van der Waals surface area contributed by atoms with E-state index in [2.05, 4.69) is 34.3 Å². The van der Waals surface area contributed by atoms with Crippen molar-refractivity contribution in [3.8, 4) is 16.3 Å². The number of nitrogens with zero attached hydrogens (tertiary/aromatic N) is 3. The molecule has 0 spiro atoms. The van der Waals surface area contributed by atoms with Gasteiger partial charge < -0.3 is 20.1 Å². The van der Waals surface area contributed by atoms with E-state index in [9.17, 15) is 14.7 Å². The monoisotopic (exact) mass is 584 g/mol. The molecule has 0 radical (unpaired) electrons. The highest BCUT2D eigenvalue weighted by Crippen LogP contribution is 2.35. The van der Waals surface area contributed by atoms with Gasteiger partial charge in [0.1, 0.15) is 11.1 Å². The molecular formula is C33H36N4O4S. The Balaban J connectivity index is 1.43. The number of hydrogen-bond donors (Lipinski definition) is 2. The van der Waals surface area contributed by atoms with Crippen molar-refractivity contribution < 1.29 is 19.4 Å². The Morgan fingerprint density at radius 2 is 1.90 bits per heavy atom. The lowest BCUT2D eigenvalue weighted by Crippen LogP contribution is -2.49. The number of likely N-dealkylation sites (N-methyl/N-ethyl adjacent to an activating group) is 1. The van der Waals surface area contributed by atoms with Gasteiger partial charge in [0.05, 0.1) is 23.9 Å².